The van der Waals surface area contributed by atoms with E-state index < -0.39 is 42.2 Å². The minimum Gasteiger partial charge on any atom is -0.478 e. The third-order valence-corrected chi connectivity index (χ3v) is 2.25. The lowest BCUT2D eigenvalue weighted by Crippen LogP contribution is -2.63. The van der Waals surface area contributed by atoms with Gasteiger partial charge in [-0.05, 0) is 0 Å². The van der Waals surface area contributed by atoms with Crippen LogP contribution in [0.3, 0.4) is 0 Å². The third-order valence-electron chi connectivity index (χ3n) is 2.25. The van der Waals surface area contributed by atoms with Crippen LogP contribution in [-0.4, -0.2) is 40.9 Å². The third kappa shape index (κ3) is 3.65. The van der Waals surface area contributed by atoms with Gasteiger partial charge in [-0.1, -0.05) is 6.92 Å². The average Bonchev–Trinajstić information content (AvgIpc) is 2.35. The smallest absolute Gasteiger partial charge is 0.473 e. The van der Waals surface area contributed by atoms with E-state index in [2.05, 4.69) is 4.74 Å². The highest BCUT2D eigenvalue weighted by atomic mass is 19.4. The van der Waals surface area contributed by atoms with Gasteiger partial charge in [-0.25, -0.2) is 9.59 Å². The number of ether oxygens (including phenoxy) is 1. The molecule has 0 heterocycles. The molecule has 0 aliphatic heterocycles. The van der Waals surface area contributed by atoms with Crippen molar-refractivity contribution in [3.05, 3.63) is 12.2 Å². The molecule has 4 nitrogen and oxygen atoms in total. The van der Waals surface area contributed by atoms with E-state index in [-0.39, 0.29) is 12.2 Å². The number of rotatable bonds is 7. The number of carboxylic acid groups (broad SMARTS) is 1. The highest BCUT2D eigenvalue weighted by Crippen LogP contribution is 2.53. The van der Waals surface area contributed by atoms with Gasteiger partial charge < -0.3 is 9.84 Å². The maximum atomic E-state index is 13.0. The van der Waals surface area contributed by atoms with Gasteiger partial charge >= 0.3 is 35.8 Å². The first kappa shape index (κ1) is 20.1. The Morgan fingerprint density at radius 3 is 1.77 bits per heavy atom. The number of esters is 1. The second-order valence-electron chi connectivity index (χ2n) is 3.82. The SMILES string of the molecule is CCC(F)(F)C(F)(F)C(F)(F)C(F)(F)OC(=O)C=CC(=O)O. The first-order chi connectivity index (χ1) is 9.62. The minimum atomic E-state index is -6.74. The molecule has 1 N–H and O–H groups in total. The molecule has 0 fully saturated rings. The largest absolute Gasteiger partial charge is 0.478 e. The van der Waals surface area contributed by atoms with E-state index in [1.807, 2.05) is 0 Å². The number of alkyl halides is 8. The molecule has 0 aliphatic rings. The molecule has 0 spiro atoms. The van der Waals surface area contributed by atoms with Crippen LogP contribution in [0.2, 0.25) is 0 Å². The van der Waals surface area contributed by atoms with Gasteiger partial charge in [0.25, 0.3) is 0 Å². The number of hydrogen-bond donors (Lipinski definition) is 1. The molecule has 0 aromatic heterocycles. The maximum absolute atomic E-state index is 13.0. The van der Waals surface area contributed by atoms with Crippen LogP contribution in [0.15, 0.2) is 12.2 Å². The van der Waals surface area contributed by atoms with Crippen LogP contribution < -0.4 is 0 Å². The van der Waals surface area contributed by atoms with Crippen LogP contribution in [0.25, 0.3) is 0 Å². The number of hydrogen-bond acceptors (Lipinski definition) is 3. The van der Waals surface area contributed by atoms with Crippen molar-refractivity contribution < 1.29 is 54.6 Å². The summed E-state index contributed by atoms with van der Waals surface area (Å²) < 4.78 is 106. The predicted octanol–water partition coefficient (Wildman–Crippen LogP) is 3.08. The molecular weight excluding hydrogens is 336 g/mol. The number of carbonyl (C=O) groups is 2. The fourth-order valence-corrected chi connectivity index (χ4v) is 0.998. The van der Waals surface area contributed by atoms with Crippen molar-refractivity contribution in [1.29, 1.82) is 0 Å². The summed E-state index contributed by atoms with van der Waals surface area (Å²) in [5.41, 5.74) is 0. The Labute approximate surface area is 117 Å². The molecule has 0 saturated carbocycles. The molecular formula is C10H8F8O4. The number of halogens is 8. The zero-order valence-electron chi connectivity index (χ0n) is 10.6. The molecule has 128 valence electrons. The molecule has 0 unspecified atom stereocenters. The van der Waals surface area contributed by atoms with Crippen molar-refractivity contribution in [3.8, 4) is 0 Å². The van der Waals surface area contributed by atoms with Gasteiger partial charge in [0.05, 0.1) is 0 Å². The molecule has 0 aromatic carbocycles. The fraction of sp³-hybridized carbons (Fsp3) is 0.600. The zero-order valence-corrected chi connectivity index (χ0v) is 10.6. The molecule has 0 saturated heterocycles. The quantitative estimate of drug-likeness (QED) is 0.438. The fourth-order valence-electron chi connectivity index (χ4n) is 0.998. The van der Waals surface area contributed by atoms with Crippen molar-refractivity contribution in [2.75, 3.05) is 0 Å². The Morgan fingerprint density at radius 2 is 1.41 bits per heavy atom. The van der Waals surface area contributed by atoms with Crippen LogP contribution >= 0.6 is 0 Å². The van der Waals surface area contributed by atoms with E-state index in [0.29, 0.717) is 6.92 Å². The molecule has 22 heavy (non-hydrogen) atoms. The van der Waals surface area contributed by atoms with Gasteiger partial charge in [-0.3, -0.25) is 0 Å². The average molecular weight is 344 g/mol. The number of carboxylic acids is 1. The summed E-state index contributed by atoms with van der Waals surface area (Å²) in [5, 5.41) is 8.04. The second-order valence-corrected chi connectivity index (χ2v) is 3.82. The first-order valence-corrected chi connectivity index (χ1v) is 5.27. The monoisotopic (exact) mass is 344 g/mol. The van der Waals surface area contributed by atoms with Gasteiger partial charge in [0.1, 0.15) is 0 Å². The van der Waals surface area contributed by atoms with Crippen molar-refractivity contribution in [2.45, 2.75) is 37.2 Å². The van der Waals surface area contributed by atoms with Crippen LogP contribution in [0.5, 0.6) is 0 Å². The van der Waals surface area contributed by atoms with Crippen molar-refractivity contribution in [1.82, 2.24) is 0 Å². The first-order valence-electron chi connectivity index (χ1n) is 5.27. The van der Waals surface area contributed by atoms with Crippen LogP contribution in [0.1, 0.15) is 13.3 Å². The summed E-state index contributed by atoms with van der Waals surface area (Å²) in [6.45, 7) is 0.351. The lowest BCUT2D eigenvalue weighted by molar-refractivity contribution is -0.416. The Kier molecular flexibility index (Phi) is 5.56. The van der Waals surface area contributed by atoms with Gasteiger partial charge in [-0.2, -0.15) is 35.1 Å². The Balaban J connectivity index is 5.49. The molecule has 0 aromatic rings. The second kappa shape index (κ2) is 6.08. The Bertz CT molecular complexity index is 472. The maximum Gasteiger partial charge on any atom is 0.473 e. The summed E-state index contributed by atoms with van der Waals surface area (Å²) in [6.07, 6.45) is -8.61. The number of carbonyl (C=O) groups excluding carboxylic acids is 1. The summed E-state index contributed by atoms with van der Waals surface area (Å²) >= 11 is 0. The molecule has 0 rings (SSSR count). The van der Waals surface area contributed by atoms with E-state index in [0.717, 1.165) is 0 Å². The normalized spacial score (nSPS) is 14.2. The molecule has 0 bridgehead atoms. The highest BCUT2D eigenvalue weighted by Gasteiger charge is 2.82. The molecule has 0 amide bonds. The zero-order chi connectivity index (χ0) is 18.0. The van der Waals surface area contributed by atoms with Gasteiger partial charge in [0.2, 0.25) is 0 Å². The summed E-state index contributed by atoms with van der Waals surface area (Å²) in [4.78, 5) is 20.6. The van der Waals surface area contributed by atoms with Crippen LogP contribution in [-0.2, 0) is 14.3 Å². The number of aliphatic carboxylic acids is 1. The molecule has 0 aliphatic carbocycles. The summed E-state index contributed by atoms with van der Waals surface area (Å²) in [7, 11) is 0. The van der Waals surface area contributed by atoms with Crippen LogP contribution in [0.4, 0.5) is 35.1 Å². The standard InChI is InChI=1S/C10H8F8O4/c1-2-7(11,12)8(13,14)9(15,16)10(17,18)22-6(21)4-3-5(19)20/h3-4H,2H2,1H3,(H,19,20). The highest BCUT2D eigenvalue weighted by molar-refractivity contribution is 5.90. The predicted molar refractivity (Wildman–Crippen MR) is 52.9 cm³/mol. The lowest BCUT2D eigenvalue weighted by Gasteiger charge is -2.35. The van der Waals surface area contributed by atoms with E-state index in [1.54, 1.807) is 0 Å². The van der Waals surface area contributed by atoms with Gasteiger partial charge in [0, 0.05) is 18.6 Å². The topological polar surface area (TPSA) is 63.6 Å². The van der Waals surface area contributed by atoms with Crippen molar-refractivity contribution >= 4 is 11.9 Å². The van der Waals surface area contributed by atoms with E-state index in [9.17, 15) is 44.7 Å². The Hall–Kier alpha value is -1.88. The van der Waals surface area contributed by atoms with E-state index >= 15 is 0 Å². The van der Waals surface area contributed by atoms with Gasteiger partial charge in [-0.15, -0.1) is 0 Å². The van der Waals surface area contributed by atoms with Crippen molar-refractivity contribution in [3.63, 3.8) is 0 Å². The van der Waals surface area contributed by atoms with Crippen molar-refractivity contribution in [2.24, 2.45) is 0 Å². The molecule has 0 radical (unpaired) electrons. The summed E-state index contributed by atoms with van der Waals surface area (Å²) in [6, 6.07) is 0. The van der Waals surface area contributed by atoms with E-state index in [4.69, 9.17) is 5.11 Å². The van der Waals surface area contributed by atoms with Crippen LogP contribution in [0, 0.1) is 0 Å². The lowest BCUT2D eigenvalue weighted by atomic mass is 10.0. The van der Waals surface area contributed by atoms with Gasteiger partial charge in [0.15, 0.2) is 0 Å². The minimum absolute atomic E-state index is 0.116. The van der Waals surface area contributed by atoms with E-state index in [1.165, 1.54) is 0 Å². The summed E-state index contributed by atoms with van der Waals surface area (Å²) in [5.74, 6) is -23.1. The molecule has 12 heteroatoms. The Morgan fingerprint density at radius 1 is 0.955 bits per heavy atom. The molecule has 0 atom stereocenters.